The van der Waals surface area contributed by atoms with Crippen LogP contribution in [0.4, 0.5) is 5.69 Å². The molecule has 2 rings (SSSR count). The SMILES string of the molecule is NCc1cccc(NC(=O)CN2CCNC(=O)CC2)c1. The molecular weight excluding hydrogens is 256 g/mol. The summed E-state index contributed by atoms with van der Waals surface area (Å²) < 4.78 is 0. The van der Waals surface area contributed by atoms with Gasteiger partial charge < -0.3 is 16.4 Å². The number of hydrogen-bond acceptors (Lipinski definition) is 4. The molecule has 1 aromatic rings. The van der Waals surface area contributed by atoms with Gasteiger partial charge in [-0.2, -0.15) is 0 Å². The third kappa shape index (κ3) is 4.32. The number of anilines is 1. The second-order valence-electron chi connectivity index (χ2n) is 4.83. The van der Waals surface area contributed by atoms with E-state index >= 15 is 0 Å². The van der Waals surface area contributed by atoms with Crippen LogP contribution in [0.15, 0.2) is 24.3 Å². The Bertz CT molecular complexity index is 490. The van der Waals surface area contributed by atoms with Crippen LogP contribution in [0.2, 0.25) is 0 Å². The maximum atomic E-state index is 12.0. The Balaban J connectivity index is 1.86. The molecule has 2 amide bonds. The van der Waals surface area contributed by atoms with Gasteiger partial charge in [-0.05, 0) is 17.7 Å². The van der Waals surface area contributed by atoms with Gasteiger partial charge in [0.2, 0.25) is 11.8 Å². The van der Waals surface area contributed by atoms with Crippen molar-refractivity contribution in [3.05, 3.63) is 29.8 Å². The van der Waals surface area contributed by atoms with Crippen LogP contribution in [0.3, 0.4) is 0 Å². The van der Waals surface area contributed by atoms with Gasteiger partial charge >= 0.3 is 0 Å². The summed E-state index contributed by atoms with van der Waals surface area (Å²) >= 11 is 0. The molecule has 0 saturated carbocycles. The van der Waals surface area contributed by atoms with Crippen molar-refractivity contribution >= 4 is 17.5 Å². The molecule has 1 heterocycles. The van der Waals surface area contributed by atoms with Gasteiger partial charge in [0.15, 0.2) is 0 Å². The van der Waals surface area contributed by atoms with Gasteiger partial charge in [-0.15, -0.1) is 0 Å². The van der Waals surface area contributed by atoms with E-state index in [1.165, 1.54) is 0 Å². The summed E-state index contributed by atoms with van der Waals surface area (Å²) in [4.78, 5) is 25.2. The number of amides is 2. The fraction of sp³-hybridized carbons (Fsp3) is 0.429. The summed E-state index contributed by atoms with van der Waals surface area (Å²) in [6.07, 6.45) is 0.440. The third-order valence-electron chi connectivity index (χ3n) is 3.22. The van der Waals surface area contributed by atoms with Crippen LogP contribution in [0.25, 0.3) is 0 Å². The van der Waals surface area contributed by atoms with E-state index in [9.17, 15) is 9.59 Å². The second kappa shape index (κ2) is 7.02. The topological polar surface area (TPSA) is 87.5 Å². The first-order valence-electron chi connectivity index (χ1n) is 6.75. The fourth-order valence-corrected chi connectivity index (χ4v) is 2.15. The summed E-state index contributed by atoms with van der Waals surface area (Å²) in [5, 5.41) is 5.64. The lowest BCUT2D eigenvalue weighted by Crippen LogP contribution is -2.35. The summed E-state index contributed by atoms with van der Waals surface area (Å²) in [5.41, 5.74) is 7.30. The predicted octanol–water partition coefficient (Wildman–Crippen LogP) is -0.0943. The van der Waals surface area contributed by atoms with Crippen molar-refractivity contribution in [2.45, 2.75) is 13.0 Å². The van der Waals surface area contributed by atoms with E-state index in [0.717, 1.165) is 11.3 Å². The van der Waals surface area contributed by atoms with Gasteiger partial charge in [0.1, 0.15) is 0 Å². The van der Waals surface area contributed by atoms with Gasteiger partial charge in [0.05, 0.1) is 6.54 Å². The molecule has 0 aliphatic carbocycles. The fourth-order valence-electron chi connectivity index (χ4n) is 2.15. The second-order valence-corrected chi connectivity index (χ2v) is 4.83. The number of nitrogens with one attached hydrogen (secondary N) is 2. The van der Waals surface area contributed by atoms with Gasteiger partial charge in [0, 0.05) is 38.3 Å². The Morgan fingerprint density at radius 2 is 2.25 bits per heavy atom. The van der Waals surface area contributed by atoms with Crippen LogP contribution in [0.5, 0.6) is 0 Å². The molecule has 1 aromatic carbocycles. The lowest BCUT2D eigenvalue weighted by atomic mass is 10.2. The molecular formula is C14H20N4O2. The number of hydrogen-bond donors (Lipinski definition) is 3. The molecule has 0 bridgehead atoms. The molecule has 0 spiro atoms. The van der Waals surface area contributed by atoms with Crippen molar-refractivity contribution in [2.75, 3.05) is 31.5 Å². The number of carbonyl (C=O) groups is 2. The molecule has 4 N–H and O–H groups in total. The van der Waals surface area contributed by atoms with Crippen LogP contribution in [-0.2, 0) is 16.1 Å². The maximum Gasteiger partial charge on any atom is 0.238 e. The Morgan fingerprint density at radius 3 is 3.05 bits per heavy atom. The number of nitrogens with two attached hydrogens (primary N) is 1. The lowest BCUT2D eigenvalue weighted by Gasteiger charge is -2.18. The third-order valence-corrected chi connectivity index (χ3v) is 3.22. The van der Waals surface area contributed by atoms with Crippen molar-refractivity contribution in [3.8, 4) is 0 Å². The molecule has 1 fully saturated rings. The van der Waals surface area contributed by atoms with Gasteiger partial charge in [0.25, 0.3) is 0 Å². The molecule has 1 saturated heterocycles. The zero-order chi connectivity index (χ0) is 14.4. The highest BCUT2D eigenvalue weighted by atomic mass is 16.2. The van der Waals surface area contributed by atoms with E-state index < -0.39 is 0 Å². The molecule has 0 radical (unpaired) electrons. The molecule has 0 atom stereocenters. The summed E-state index contributed by atoms with van der Waals surface area (Å²) in [5.74, 6) is -0.0305. The Hall–Kier alpha value is -1.92. The Labute approximate surface area is 118 Å². The standard InChI is InChI=1S/C14H20N4O2/c15-9-11-2-1-3-12(8-11)17-14(20)10-18-6-4-13(19)16-5-7-18/h1-3,8H,4-7,9-10,15H2,(H,16,19)(H,17,20). The molecule has 20 heavy (non-hydrogen) atoms. The monoisotopic (exact) mass is 276 g/mol. The number of nitrogens with zero attached hydrogens (tertiary/aromatic N) is 1. The van der Waals surface area contributed by atoms with Crippen molar-refractivity contribution in [1.82, 2.24) is 10.2 Å². The zero-order valence-electron chi connectivity index (χ0n) is 11.4. The Morgan fingerprint density at radius 1 is 1.40 bits per heavy atom. The van der Waals surface area contributed by atoms with Crippen LogP contribution >= 0.6 is 0 Å². The van der Waals surface area contributed by atoms with Crippen LogP contribution in [0.1, 0.15) is 12.0 Å². The average Bonchev–Trinajstić information content (AvgIpc) is 2.64. The minimum Gasteiger partial charge on any atom is -0.355 e. The van der Waals surface area contributed by atoms with Crippen molar-refractivity contribution in [1.29, 1.82) is 0 Å². The largest absolute Gasteiger partial charge is 0.355 e. The summed E-state index contributed by atoms with van der Waals surface area (Å²) in [7, 11) is 0. The highest BCUT2D eigenvalue weighted by Gasteiger charge is 2.16. The van der Waals surface area contributed by atoms with Crippen LogP contribution < -0.4 is 16.4 Å². The normalized spacial score (nSPS) is 16.4. The summed E-state index contributed by atoms with van der Waals surface area (Å²) in [6, 6.07) is 7.49. The maximum absolute atomic E-state index is 12.0. The van der Waals surface area contributed by atoms with Crippen LogP contribution in [0, 0.1) is 0 Å². The van der Waals surface area contributed by atoms with Crippen LogP contribution in [-0.4, -0.2) is 42.9 Å². The highest BCUT2D eigenvalue weighted by molar-refractivity contribution is 5.92. The van der Waals surface area contributed by atoms with E-state index in [1.54, 1.807) is 0 Å². The average molecular weight is 276 g/mol. The minimum absolute atomic E-state index is 0.0450. The molecule has 108 valence electrons. The number of carbonyl (C=O) groups excluding carboxylic acids is 2. The van der Waals surface area contributed by atoms with E-state index in [2.05, 4.69) is 10.6 Å². The minimum atomic E-state index is -0.0754. The number of benzene rings is 1. The van der Waals surface area contributed by atoms with E-state index in [4.69, 9.17) is 5.73 Å². The molecule has 0 unspecified atom stereocenters. The molecule has 0 aromatic heterocycles. The molecule has 6 nitrogen and oxygen atoms in total. The van der Waals surface area contributed by atoms with Crippen molar-refractivity contribution in [2.24, 2.45) is 5.73 Å². The quantitative estimate of drug-likeness (QED) is 0.717. The highest BCUT2D eigenvalue weighted by Crippen LogP contribution is 2.10. The first-order valence-corrected chi connectivity index (χ1v) is 6.75. The van der Waals surface area contributed by atoms with E-state index in [0.29, 0.717) is 39.1 Å². The zero-order valence-corrected chi connectivity index (χ0v) is 11.4. The Kier molecular flexibility index (Phi) is 5.09. The first-order chi connectivity index (χ1) is 9.67. The first kappa shape index (κ1) is 14.5. The van der Waals surface area contributed by atoms with Gasteiger partial charge in [-0.25, -0.2) is 0 Å². The predicted molar refractivity (Wildman–Crippen MR) is 77.0 cm³/mol. The number of rotatable bonds is 4. The van der Waals surface area contributed by atoms with E-state index in [1.807, 2.05) is 29.2 Å². The van der Waals surface area contributed by atoms with Gasteiger partial charge in [-0.3, -0.25) is 14.5 Å². The lowest BCUT2D eigenvalue weighted by molar-refractivity contribution is -0.121. The van der Waals surface area contributed by atoms with Gasteiger partial charge in [-0.1, -0.05) is 12.1 Å². The molecule has 1 aliphatic heterocycles. The molecule has 1 aliphatic rings. The van der Waals surface area contributed by atoms with Crippen molar-refractivity contribution < 1.29 is 9.59 Å². The van der Waals surface area contributed by atoms with E-state index in [-0.39, 0.29) is 11.8 Å². The summed E-state index contributed by atoms with van der Waals surface area (Å²) in [6.45, 7) is 2.64. The molecule has 6 heteroatoms. The van der Waals surface area contributed by atoms with Crippen molar-refractivity contribution in [3.63, 3.8) is 0 Å². The smallest absolute Gasteiger partial charge is 0.238 e.